The van der Waals surface area contributed by atoms with Crippen molar-refractivity contribution < 1.29 is 9.53 Å². The average molecular weight is 337 g/mol. The molecule has 0 aliphatic rings. The average Bonchev–Trinajstić information content (AvgIpc) is 3.17. The molecule has 1 aromatic carbocycles. The number of aromatic nitrogens is 3. The van der Waals surface area contributed by atoms with Crippen LogP contribution < -0.4 is 15.8 Å². The number of rotatable bonds is 6. The molecular weight excluding hydrogens is 318 g/mol. The van der Waals surface area contributed by atoms with Crippen LogP contribution >= 0.6 is 0 Å². The predicted octanol–water partition coefficient (Wildman–Crippen LogP) is 1.99. The number of aromatic amines is 1. The molecular formula is C18H19N5O2. The van der Waals surface area contributed by atoms with Crippen molar-refractivity contribution in [3.63, 3.8) is 0 Å². The summed E-state index contributed by atoms with van der Waals surface area (Å²) in [6.45, 7) is 0. The first kappa shape index (κ1) is 16.7. The summed E-state index contributed by atoms with van der Waals surface area (Å²) in [7, 11) is 1.50. The van der Waals surface area contributed by atoms with Gasteiger partial charge in [0.05, 0.1) is 19.3 Å². The van der Waals surface area contributed by atoms with Crippen molar-refractivity contribution in [2.24, 2.45) is 5.73 Å². The summed E-state index contributed by atoms with van der Waals surface area (Å²) >= 11 is 0. The molecule has 128 valence electrons. The molecule has 3 rings (SSSR count). The quantitative estimate of drug-likeness (QED) is 0.638. The highest BCUT2D eigenvalue weighted by atomic mass is 16.5. The molecule has 0 spiro atoms. The van der Waals surface area contributed by atoms with Crippen molar-refractivity contribution in [2.45, 2.75) is 12.5 Å². The van der Waals surface area contributed by atoms with Gasteiger partial charge in [0.15, 0.2) is 0 Å². The molecule has 0 aliphatic heterocycles. The van der Waals surface area contributed by atoms with Crippen molar-refractivity contribution >= 4 is 11.6 Å². The number of ether oxygens (including phenoxy) is 1. The molecule has 1 amide bonds. The molecule has 0 bridgehead atoms. The first-order chi connectivity index (χ1) is 12.2. The highest BCUT2D eigenvalue weighted by molar-refractivity contribution is 5.96. The summed E-state index contributed by atoms with van der Waals surface area (Å²) in [6.07, 6.45) is 5.53. The van der Waals surface area contributed by atoms with Gasteiger partial charge in [-0.25, -0.2) is 4.98 Å². The van der Waals surface area contributed by atoms with Crippen molar-refractivity contribution in [3.8, 4) is 17.0 Å². The van der Waals surface area contributed by atoms with Gasteiger partial charge in [-0.1, -0.05) is 30.3 Å². The molecule has 0 aliphatic carbocycles. The Balaban J connectivity index is 1.76. The molecule has 0 fully saturated rings. The van der Waals surface area contributed by atoms with Crippen LogP contribution in [0, 0.1) is 0 Å². The molecule has 0 saturated carbocycles. The minimum Gasteiger partial charge on any atom is -0.480 e. The number of nitrogens with two attached hydrogens (primary N) is 1. The van der Waals surface area contributed by atoms with Gasteiger partial charge in [-0.15, -0.1) is 0 Å². The summed E-state index contributed by atoms with van der Waals surface area (Å²) < 4.78 is 5.23. The Hall–Kier alpha value is -3.19. The fraction of sp³-hybridized carbons (Fsp3) is 0.167. The fourth-order valence-electron chi connectivity index (χ4n) is 2.46. The maximum Gasteiger partial charge on any atom is 0.241 e. The molecule has 0 radical (unpaired) electrons. The van der Waals surface area contributed by atoms with Gasteiger partial charge in [-0.05, 0) is 18.1 Å². The van der Waals surface area contributed by atoms with E-state index in [0.717, 1.165) is 16.7 Å². The van der Waals surface area contributed by atoms with Crippen LogP contribution in [0.5, 0.6) is 5.88 Å². The zero-order valence-corrected chi connectivity index (χ0v) is 13.8. The van der Waals surface area contributed by atoms with Gasteiger partial charge < -0.3 is 15.8 Å². The summed E-state index contributed by atoms with van der Waals surface area (Å²) in [6, 6.07) is 10.7. The van der Waals surface area contributed by atoms with Crippen LogP contribution in [0.4, 0.5) is 5.69 Å². The van der Waals surface area contributed by atoms with E-state index in [1.807, 2.05) is 30.3 Å². The van der Waals surface area contributed by atoms with Gasteiger partial charge >= 0.3 is 0 Å². The maximum atomic E-state index is 12.4. The Labute approximate surface area is 145 Å². The zero-order valence-electron chi connectivity index (χ0n) is 13.8. The van der Waals surface area contributed by atoms with Crippen LogP contribution in [-0.2, 0) is 11.2 Å². The van der Waals surface area contributed by atoms with Gasteiger partial charge in [0.1, 0.15) is 5.69 Å². The second-order valence-corrected chi connectivity index (χ2v) is 5.55. The Bertz CT molecular complexity index is 834. The Kier molecular flexibility index (Phi) is 5.06. The Morgan fingerprint density at radius 1 is 1.28 bits per heavy atom. The highest BCUT2D eigenvalue weighted by Crippen LogP contribution is 2.27. The third-order valence-electron chi connectivity index (χ3n) is 3.77. The first-order valence-electron chi connectivity index (χ1n) is 7.81. The number of methoxy groups -OCH3 is 1. The standard InChI is InChI=1S/C18H19N5O2/c1-25-18-16(8-13(9-20-18)14-10-21-22-11-14)23-17(24)15(19)7-12-5-3-2-4-6-12/h2-6,8-11,15H,7,19H2,1H3,(H,21,22)(H,23,24). The Morgan fingerprint density at radius 3 is 2.76 bits per heavy atom. The van der Waals surface area contributed by atoms with Crippen molar-refractivity contribution in [1.82, 2.24) is 15.2 Å². The minimum absolute atomic E-state index is 0.298. The number of anilines is 1. The number of nitrogens with zero attached hydrogens (tertiary/aromatic N) is 2. The number of amides is 1. The van der Waals surface area contributed by atoms with E-state index < -0.39 is 6.04 Å². The van der Waals surface area contributed by atoms with Crippen molar-refractivity contribution in [3.05, 3.63) is 60.6 Å². The van der Waals surface area contributed by atoms with Crippen LogP contribution in [-0.4, -0.2) is 34.2 Å². The second kappa shape index (κ2) is 7.59. The minimum atomic E-state index is -0.676. The lowest BCUT2D eigenvalue weighted by atomic mass is 10.1. The zero-order chi connectivity index (χ0) is 17.6. The van der Waals surface area contributed by atoms with Crippen molar-refractivity contribution in [2.75, 3.05) is 12.4 Å². The van der Waals surface area contributed by atoms with Crippen LogP contribution in [0.15, 0.2) is 55.0 Å². The van der Waals surface area contributed by atoms with E-state index in [-0.39, 0.29) is 5.91 Å². The lowest BCUT2D eigenvalue weighted by Crippen LogP contribution is -2.37. The number of nitrogens with one attached hydrogen (secondary N) is 2. The lowest BCUT2D eigenvalue weighted by molar-refractivity contribution is -0.117. The summed E-state index contributed by atoms with van der Waals surface area (Å²) in [5.74, 6) is 0.0285. The number of pyridine rings is 1. The van der Waals surface area contributed by atoms with Crippen molar-refractivity contribution in [1.29, 1.82) is 0 Å². The van der Waals surface area contributed by atoms with Crippen LogP contribution in [0.3, 0.4) is 0 Å². The van der Waals surface area contributed by atoms with Gasteiger partial charge in [0, 0.05) is 23.5 Å². The van der Waals surface area contributed by atoms with E-state index in [2.05, 4.69) is 20.5 Å². The van der Waals surface area contributed by atoms with Crippen LogP contribution in [0.25, 0.3) is 11.1 Å². The number of benzene rings is 1. The topological polar surface area (TPSA) is 106 Å². The number of carbonyl (C=O) groups is 1. The van der Waals surface area contributed by atoms with Crippen LogP contribution in [0.2, 0.25) is 0 Å². The monoisotopic (exact) mass is 337 g/mol. The van der Waals surface area contributed by atoms with E-state index in [4.69, 9.17) is 10.5 Å². The largest absolute Gasteiger partial charge is 0.480 e. The molecule has 7 heteroatoms. The molecule has 3 aromatic rings. The summed E-state index contributed by atoms with van der Waals surface area (Å²) in [5, 5.41) is 9.46. The molecule has 0 saturated heterocycles. The maximum absolute atomic E-state index is 12.4. The molecule has 2 heterocycles. The third kappa shape index (κ3) is 4.02. The SMILES string of the molecule is COc1ncc(-c2cn[nH]c2)cc1NC(=O)C(N)Cc1ccccc1. The molecule has 1 atom stereocenters. The van der Waals surface area contributed by atoms with Gasteiger partial charge in [0.2, 0.25) is 11.8 Å². The summed E-state index contributed by atoms with van der Waals surface area (Å²) in [5.41, 5.74) is 9.17. The van der Waals surface area contributed by atoms with E-state index >= 15 is 0 Å². The smallest absolute Gasteiger partial charge is 0.241 e. The van der Waals surface area contributed by atoms with Gasteiger partial charge in [0.25, 0.3) is 0 Å². The van der Waals surface area contributed by atoms with Crippen LogP contribution in [0.1, 0.15) is 5.56 Å². The summed E-state index contributed by atoms with van der Waals surface area (Å²) in [4.78, 5) is 16.7. The first-order valence-corrected chi connectivity index (χ1v) is 7.81. The highest BCUT2D eigenvalue weighted by Gasteiger charge is 2.17. The number of hydrogen-bond acceptors (Lipinski definition) is 5. The molecule has 2 aromatic heterocycles. The Morgan fingerprint density at radius 2 is 2.08 bits per heavy atom. The number of carbonyl (C=O) groups excluding carboxylic acids is 1. The van der Waals surface area contributed by atoms with Gasteiger partial charge in [-0.3, -0.25) is 9.89 Å². The predicted molar refractivity (Wildman–Crippen MR) is 95.1 cm³/mol. The normalized spacial score (nSPS) is 11.8. The van der Waals surface area contributed by atoms with Gasteiger partial charge in [-0.2, -0.15) is 5.10 Å². The van der Waals surface area contributed by atoms with E-state index in [1.54, 1.807) is 24.7 Å². The molecule has 1 unspecified atom stereocenters. The van der Waals surface area contributed by atoms with E-state index in [1.165, 1.54) is 7.11 Å². The molecule has 25 heavy (non-hydrogen) atoms. The third-order valence-corrected chi connectivity index (χ3v) is 3.77. The molecule has 4 N–H and O–H groups in total. The number of hydrogen-bond donors (Lipinski definition) is 3. The second-order valence-electron chi connectivity index (χ2n) is 5.55. The lowest BCUT2D eigenvalue weighted by Gasteiger charge is -2.14. The van der Waals surface area contributed by atoms with E-state index in [9.17, 15) is 4.79 Å². The fourth-order valence-corrected chi connectivity index (χ4v) is 2.46. The molecule has 7 nitrogen and oxygen atoms in total. The van der Waals surface area contributed by atoms with E-state index in [0.29, 0.717) is 18.0 Å². The number of H-pyrrole nitrogens is 1.